The Hall–Kier alpha value is -2.39. The summed E-state index contributed by atoms with van der Waals surface area (Å²) in [7, 11) is -2.23. The van der Waals surface area contributed by atoms with Gasteiger partial charge < -0.3 is 20.6 Å². The number of hydrogen-bond acceptors (Lipinski definition) is 11. The number of phenols is 1. The Morgan fingerprint density at radius 3 is 2.61 bits per heavy atom. The number of benzene rings is 1. The molecule has 10 nitrogen and oxygen atoms in total. The Kier molecular flexibility index (Phi) is 7.80. The van der Waals surface area contributed by atoms with Crippen LogP contribution in [-0.2, 0) is 18.8 Å². The standard InChI is InChI=1S/C22H27N5O5S3Si/c1-11-25-26-22(35-11)34-10-13-9-33-20-16(19(30)27(20)17(13)21(31)32-36(2,3)4)24-18(29)15(23)12-5-7-14(28)8-6-12/h5-8,15-16,20,28H,9-10,23H2,1-4H3,(H,24,29)/t15?,16?,20-/m0/s1. The van der Waals surface area contributed by atoms with Gasteiger partial charge in [0.2, 0.25) is 14.2 Å². The number of thioether (sulfide) groups is 2. The van der Waals surface area contributed by atoms with Crippen LogP contribution in [0.4, 0.5) is 0 Å². The highest BCUT2D eigenvalue weighted by molar-refractivity contribution is 8.01. The van der Waals surface area contributed by atoms with Crippen molar-refractivity contribution in [1.29, 1.82) is 0 Å². The van der Waals surface area contributed by atoms with Gasteiger partial charge in [0.05, 0.1) is 0 Å². The first-order valence-electron chi connectivity index (χ1n) is 11.1. The summed E-state index contributed by atoms with van der Waals surface area (Å²) in [5.41, 5.74) is 7.63. The lowest BCUT2D eigenvalue weighted by molar-refractivity contribution is -0.150. The topological polar surface area (TPSA) is 148 Å². The molecule has 2 aliphatic rings. The number of carbonyl (C=O) groups is 3. The lowest BCUT2D eigenvalue weighted by Crippen LogP contribution is -2.71. The van der Waals surface area contributed by atoms with Gasteiger partial charge in [0.1, 0.15) is 33.9 Å². The summed E-state index contributed by atoms with van der Waals surface area (Å²) in [6, 6.07) is 4.19. The summed E-state index contributed by atoms with van der Waals surface area (Å²) >= 11 is 4.41. The Morgan fingerprint density at radius 2 is 2.00 bits per heavy atom. The Balaban J connectivity index is 1.51. The van der Waals surface area contributed by atoms with E-state index in [1.54, 1.807) is 12.1 Å². The van der Waals surface area contributed by atoms with Crippen LogP contribution < -0.4 is 11.1 Å². The fraction of sp³-hybridized carbons (Fsp3) is 0.409. The van der Waals surface area contributed by atoms with Crippen molar-refractivity contribution in [2.45, 2.75) is 48.4 Å². The van der Waals surface area contributed by atoms with Crippen molar-refractivity contribution in [2.75, 3.05) is 11.5 Å². The van der Waals surface area contributed by atoms with E-state index in [0.29, 0.717) is 17.1 Å². The number of amides is 2. The summed E-state index contributed by atoms with van der Waals surface area (Å²) in [6.45, 7) is 7.60. The van der Waals surface area contributed by atoms with Gasteiger partial charge in [-0.2, -0.15) is 0 Å². The third-order valence-corrected chi connectivity index (χ3v) is 9.54. The summed E-state index contributed by atoms with van der Waals surface area (Å²) in [5.74, 6) is -0.363. The predicted octanol–water partition coefficient (Wildman–Crippen LogP) is 2.38. The number of rotatable bonds is 8. The van der Waals surface area contributed by atoms with Crippen LogP contribution in [-0.4, -0.2) is 69.2 Å². The van der Waals surface area contributed by atoms with Crippen LogP contribution in [0.5, 0.6) is 5.75 Å². The van der Waals surface area contributed by atoms with E-state index in [-0.39, 0.29) is 17.4 Å². The van der Waals surface area contributed by atoms with Gasteiger partial charge >= 0.3 is 5.97 Å². The maximum Gasteiger partial charge on any atom is 0.341 e. The van der Waals surface area contributed by atoms with Crippen molar-refractivity contribution in [3.05, 3.63) is 46.1 Å². The van der Waals surface area contributed by atoms with Crippen LogP contribution in [0.2, 0.25) is 19.6 Å². The van der Waals surface area contributed by atoms with Crippen molar-refractivity contribution >= 4 is 61.0 Å². The third-order valence-electron chi connectivity index (χ3n) is 5.35. The van der Waals surface area contributed by atoms with Crippen LogP contribution in [0.25, 0.3) is 0 Å². The molecule has 4 N–H and O–H groups in total. The average molecular weight is 566 g/mol. The number of aromatic nitrogens is 2. The molecule has 2 aromatic rings. The molecule has 192 valence electrons. The monoisotopic (exact) mass is 565 g/mol. The number of phenolic OH excluding ortho intramolecular Hbond substituents is 1. The smallest absolute Gasteiger partial charge is 0.341 e. The van der Waals surface area contributed by atoms with Crippen molar-refractivity contribution in [1.82, 2.24) is 20.4 Å². The average Bonchev–Trinajstić information content (AvgIpc) is 3.24. The number of nitrogens with one attached hydrogen (secondary N) is 1. The summed E-state index contributed by atoms with van der Waals surface area (Å²) in [4.78, 5) is 40.6. The number of nitrogens with two attached hydrogens (primary N) is 1. The van der Waals surface area contributed by atoms with E-state index in [0.717, 1.165) is 14.9 Å². The predicted molar refractivity (Wildman–Crippen MR) is 142 cm³/mol. The Bertz CT molecular complexity index is 1210. The number of fused-ring (bicyclic) bond motifs is 1. The number of aromatic hydroxyl groups is 1. The number of β-lactam (4-membered cyclic amide) rings is 1. The molecule has 14 heteroatoms. The molecule has 0 bridgehead atoms. The molecule has 1 fully saturated rings. The third kappa shape index (κ3) is 5.77. The minimum Gasteiger partial charge on any atom is -0.515 e. The minimum atomic E-state index is -2.23. The number of aryl methyl sites for hydroxylation is 1. The van der Waals surface area contributed by atoms with Gasteiger partial charge in [-0.05, 0) is 49.8 Å². The summed E-state index contributed by atoms with van der Waals surface area (Å²) in [5, 5.41) is 20.8. The normalized spacial score (nSPS) is 20.5. The molecule has 4 rings (SSSR count). The number of nitrogens with zero attached hydrogens (tertiary/aromatic N) is 3. The van der Waals surface area contributed by atoms with Crippen LogP contribution in [0.1, 0.15) is 16.6 Å². The first kappa shape index (κ1) is 26.7. The molecule has 2 amide bonds. The molecule has 3 atom stereocenters. The van der Waals surface area contributed by atoms with Gasteiger partial charge in [-0.3, -0.25) is 14.5 Å². The molecular formula is C22H27N5O5S3Si. The van der Waals surface area contributed by atoms with Crippen LogP contribution >= 0.6 is 34.9 Å². The Labute approximate surface area is 222 Å². The maximum atomic E-state index is 13.2. The molecule has 2 unspecified atom stereocenters. The van der Waals surface area contributed by atoms with E-state index >= 15 is 0 Å². The van der Waals surface area contributed by atoms with Crippen LogP contribution in [0.15, 0.2) is 39.9 Å². The van der Waals surface area contributed by atoms with Crippen LogP contribution in [0, 0.1) is 6.92 Å². The fourth-order valence-electron chi connectivity index (χ4n) is 3.67. The zero-order valence-corrected chi connectivity index (χ0v) is 23.6. The van der Waals surface area contributed by atoms with Crippen molar-refractivity contribution in [3.63, 3.8) is 0 Å². The lowest BCUT2D eigenvalue weighted by Gasteiger charge is -2.50. The second-order valence-electron chi connectivity index (χ2n) is 9.29. The van der Waals surface area contributed by atoms with E-state index in [1.807, 2.05) is 26.6 Å². The minimum absolute atomic E-state index is 0.0644. The zero-order chi connectivity index (χ0) is 26.2. The van der Waals surface area contributed by atoms with Gasteiger partial charge in [0, 0.05) is 11.5 Å². The van der Waals surface area contributed by atoms with Crippen molar-refractivity contribution in [3.8, 4) is 5.75 Å². The molecule has 1 aromatic carbocycles. The highest BCUT2D eigenvalue weighted by Crippen LogP contribution is 2.42. The molecule has 1 saturated heterocycles. The number of carbonyl (C=O) groups excluding carboxylic acids is 3. The second kappa shape index (κ2) is 10.5. The maximum absolute atomic E-state index is 13.2. The molecule has 0 spiro atoms. The molecule has 0 saturated carbocycles. The fourth-order valence-corrected chi connectivity index (χ4v) is 7.62. The largest absolute Gasteiger partial charge is 0.515 e. The van der Waals surface area contributed by atoms with E-state index in [2.05, 4.69) is 15.5 Å². The lowest BCUT2D eigenvalue weighted by atomic mass is 10.0. The van der Waals surface area contributed by atoms with E-state index in [9.17, 15) is 19.5 Å². The van der Waals surface area contributed by atoms with Gasteiger partial charge in [0.25, 0.3) is 5.91 Å². The molecule has 36 heavy (non-hydrogen) atoms. The first-order valence-corrected chi connectivity index (χ1v) is 17.4. The van der Waals surface area contributed by atoms with Gasteiger partial charge in [0.15, 0.2) is 4.34 Å². The van der Waals surface area contributed by atoms with E-state index in [1.165, 1.54) is 51.9 Å². The molecule has 3 heterocycles. The highest BCUT2D eigenvalue weighted by Gasteiger charge is 2.54. The van der Waals surface area contributed by atoms with Crippen LogP contribution in [0.3, 0.4) is 0 Å². The molecule has 1 aromatic heterocycles. The second-order valence-corrected chi connectivity index (χ2v) is 17.2. The van der Waals surface area contributed by atoms with Gasteiger partial charge in [-0.1, -0.05) is 35.2 Å². The van der Waals surface area contributed by atoms with Crippen molar-refractivity contribution < 1.29 is 23.9 Å². The highest BCUT2D eigenvalue weighted by atomic mass is 32.2. The van der Waals surface area contributed by atoms with E-state index in [4.69, 9.17) is 10.2 Å². The first-order chi connectivity index (χ1) is 16.9. The summed E-state index contributed by atoms with van der Waals surface area (Å²) in [6.07, 6.45) is 0. The molecular weight excluding hydrogens is 539 g/mol. The SMILES string of the molecule is Cc1nnc(SCC2=C(C(=O)O[Si](C)(C)C)N3C(=O)C(NC(=O)C(N)c4ccc(O)cc4)[C@@H]3SC2)s1. The van der Waals surface area contributed by atoms with Crippen molar-refractivity contribution in [2.24, 2.45) is 5.73 Å². The quantitative estimate of drug-likeness (QED) is 0.247. The number of hydrogen-bond donors (Lipinski definition) is 3. The Morgan fingerprint density at radius 1 is 1.31 bits per heavy atom. The zero-order valence-electron chi connectivity index (χ0n) is 20.2. The molecule has 0 aliphatic carbocycles. The molecule has 2 aliphatic heterocycles. The molecule has 0 radical (unpaired) electrons. The van der Waals surface area contributed by atoms with Gasteiger partial charge in [-0.15, -0.1) is 22.0 Å². The van der Waals surface area contributed by atoms with Gasteiger partial charge in [-0.25, -0.2) is 4.79 Å². The van der Waals surface area contributed by atoms with E-state index < -0.39 is 37.7 Å². The summed E-state index contributed by atoms with van der Waals surface area (Å²) < 4.78 is 6.55.